The molecule has 0 atom stereocenters. The van der Waals surface area contributed by atoms with E-state index in [0.29, 0.717) is 5.56 Å². The molecule has 128 valence electrons. The topological polar surface area (TPSA) is 89.5 Å². The quantitative estimate of drug-likeness (QED) is 0.346. The molecule has 0 unspecified atom stereocenters. The van der Waals surface area contributed by atoms with Gasteiger partial charge in [-0.3, -0.25) is 14.4 Å². The van der Waals surface area contributed by atoms with Crippen LogP contribution in [0.4, 0.5) is 5.69 Å². The third-order valence-corrected chi connectivity index (χ3v) is 3.85. The molecule has 0 aliphatic rings. The summed E-state index contributed by atoms with van der Waals surface area (Å²) in [6.07, 6.45) is -0.562. The molecule has 6 nitrogen and oxygen atoms in total. The second-order valence-electron chi connectivity index (χ2n) is 5.02. The second kappa shape index (κ2) is 8.34. The highest BCUT2D eigenvalue weighted by atomic mass is 79.9. The number of esters is 1. The van der Waals surface area contributed by atoms with E-state index in [4.69, 9.17) is 0 Å². The van der Waals surface area contributed by atoms with E-state index in [-0.39, 0.29) is 11.3 Å². The van der Waals surface area contributed by atoms with Crippen molar-refractivity contribution in [3.05, 3.63) is 64.1 Å². The number of hydrogen-bond donors (Lipinski definition) is 1. The Labute approximate surface area is 152 Å². The molecule has 2 rings (SSSR count). The number of ketones is 2. The fourth-order valence-corrected chi connectivity index (χ4v) is 2.30. The summed E-state index contributed by atoms with van der Waals surface area (Å²) in [6.45, 7) is 0. The molecule has 25 heavy (non-hydrogen) atoms. The Morgan fingerprint density at radius 2 is 1.64 bits per heavy atom. The average molecular weight is 404 g/mol. The maximum absolute atomic E-state index is 12.1. The van der Waals surface area contributed by atoms with Crippen molar-refractivity contribution >= 4 is 45.1 Å². The molecule has 2 aromatic rings. The summed E-state index contributed by atoms with van der Waals surface area (Å²) in [6, 6.07) is 12.6. The lowest BCUT2D eigenvalue weighted by atomic mass is 10.1. The minimum Gasteiger partial charge on any atom is -0.465 e. The summed E-state index contributed by atoms with van der Waals surface area (Å²) < 4.78 is 5.42. The van der Waals surface area contributed by atoms with Crippen molar-refractivity contribution in [1.82, 2.24) is 0 Å². The zero-order valence-electron chi connectivity index (χ0n) is 13.2. The van der Waals surface area contributed by atoms with E-state index in [0.717, 1.165) is 4.47 Å². The first-order valence-corrected chi connectivity index (χ1v) is 8.02. The number of methoxy groups -OCH3 is 1. The van der Waals surface area contributed by atoms with Crippen molar-refractivity contribution < 1.29 is 23.9 Å². The van der Waals surface area contributed by atoms with Crippen LogP contribution in [0.3, 0.4) is 0 Å². The zero-order valence-corrected chi connectivity index (χ0v) is 14.8. The molecular weight excluding hydrogens is 390 g/mol. The van der Waals surface area contributed by atoms with E-state index in [1.54, 1.807) is 36.4 Å². The molecule has 2 aromatic carbocycles. The van der Waals surface area contributed by atoms with Crippen molar-refractivity contribution in [2.75, 3.05) is 12.4 Å². The van der Waals surface area contributed by atoms with Gasteiger partial charge < -0.3 is 10.1 Å². The van der Waals surface area contributed by atoms with Crippen LogP contribution in [-0.2, 0) is 14.3 Å². The molecule has 0 spiro atoms. The van der Waals surface area contributed by atoms with Gasteiger partial charge in [0.2, 0.25) is 5.78 Å². The van der Waals surface area contributed by atoms with Crippen LogP contribution in [0.2, 0.25) is 0 Å². The van der Waals surface area contributed by atoms with Crippen LogP contribution in [0.1, 0.15) is 27.1 Å². The number of halogens is 1. The number of anilines is 1. The third-order valence-electron chi connectivity index (χ3n) is 3.32. The van der Waals surface area contributed by atoms with Gasteiger partial charge in [-0.05, 0) is 24.3 Å². The van der Waals surface area contributed by atoms with Crippen molar-refractivity contribution in [1.29, 1.82) is 0 Å². The number of hydrogen-bond acceptors (Lipinski definition) is 5. The normalized spacial score (nSPS) is 10.0. The van der Waals surface area contributed by atoms with Crippen molar-refractivity contribution in [2.24, 2.45) is 0 Å². The largest absolute Gasteiger partial charge is 0.465 e. The highest BCUT2D eigenvalue weighted by Gasteiger charge is 2.21. The van der Waals surface area contributed by atoms with Crippen LogP contribution in [0.15, 0.2) is 53.0 Å². The van der Waals surface area contributed by atoms with E-state index in [9.17, 15) is 19.2 Å². The van der Waals surface area contributed by atoms with Gasteiger partial charge in [0.15, 0.2) is 5.78 Å². The summed E-state index contributed by atoms with van der Waals surface area (Å²) in [7, 11) is 1.21. The first-order valence-electron chi connectivity index (χ1n) is 7.22. The molecule has 1 N–H and O–H groups in total. The molecule has 0 aromatic heterocycles. The number of benzene rings is 2. The standard InChI is InChI=1S/C18H14BrNO5/c1-25-18(24)13-4-2-3-5-14(13)20-17(23)16(22)10-15(21)11-6-8-12(19)9-7-11/h2-9H,10H2,1H3,(H,20,23). The fourth-order valence-electron chi connectivity index (χ4n) is 2.04. The highest BCUT2D eigenvalue weighted by molar-refractivity contribution is 9.10. The first-order chi connectivity index (χ1) is 11.9. The Balaban J connectivity index is 2.06. The summed E-state index contributed by atoms with van der Waals surface area (Å²) >= 11 is 3.25. The first kappa shape index (κ1) is 18.5. The SMILES string of the molecule is COC(=O)c1ccccc1NC(=O)C(=O)CC(=O)c1ccc(Br)cc1. The zero-order chi connectivity index (χ0) is 18.4. The Hall–Kier alpha value is -2.80. The number of Topliss-reactive ketones (excluding diaryl/α,β-unsaturated/α-hetero) is 2. The summed E-state index contributed by atoms with van der Waals surface area (Å²) in [5.74, 6) is -2.97. The van der Waals surface area contributed by atoms with E-state index >= 15 is 0 Å². The summed E-state index contributed by atoms with van der Waals surface area (Å²) in [4.78, 5) is 47.7. The van der Waals surface area contributed by atoms with Crippen molar-refractivity contribution in [2.45, 2.75) is 6.42 Å². The molecule has 0 bridgehead atoms. The second-order valence-corrected chi connectivity index (χ2v) is 5.94. The Morgan fingerprint density at radius 1 is 1.00 bits per heavy atom. The van der Waals surface area contributed by atoms with Crippen LogP contribution in [-0.4, -0.2) is 30.6 Å². The van der Waals surface area contributed by atoms with Gasteiger partial charge in [0, 0.05) is 10.0 Å². The Bertz CT molecular complexity index is 830. The van der Waals surface area contributed by atoms with Gasteiger partial charge in [-0.15, -0.1) is 0 Å². The average Bonchev–Trinajstić information content (AvgIpc) is 2.61. The lowest BCUT2D eigenvalue weighted by Gasteiger charge is -2.09. The van der Waals surface area contributed by atoms with Gasteiger partial charge in [0.25, 0.3) is 5.91 Å². The molecule has 7 heteroatoms. The predicted octanol–water partition coefficient (Wildman–Crippen LogP) is 3.02. The van der Waals surface area contributed by atoms with Crippen LogP contribution < -0.4 is 5.32 Å². The lowest BCUT2D eigenvalue weighted by Crippen LogP contribution is -2.26. The molecule has 0 saturated carbocycles. The van der Waals surface area contributed by atoms with Gasteiger partial charge in [-0.2, -0.15) is 0 Å². The van der Waals surface area contributed by atoms with Crippen LogP contribution in [0, 0.1) is 0 Å². The number of para-hydroxylation sites is 1. The van der Waals surface area contributed by atoms with Crippen LogP contribution >= 0.6 is 15.9 Å². The number of amides is 1. The number of nitrogens with one attached hydrogen (secondary N) is 1. The number of carbonyl (C=O) groups excluding carboxylic acids is 4. The molecule has 0 fully saturated rings. The maximum Gasteiger partial charge on any atom is 0.339 e. The molecular formula is C18H14BrNO5. The molecule has 0 heterocycles. The summed E-state index contributed by atoms with van der Waals surface area (Å²) in [5.41, 5.74) is 0.591. The van der Waals surface area contributed by atoms with Gasteiger partial charge in [-0.25, -0.2) is 4.79 Å². The molecule has 0 aliphatic heterocycles. The minimum absolute atomic E-state index is 0.116. The highest BCUT2D eigenvalue weighted by Crippen LogP contribution is 2.16. The number of ether oxygens (including phenoxy) is 1. The van der Waals surface area contributed by atoms with E-state index in [1.807, 2.05) is 0 Å². The number of carbonyl (C=O) groups is 4. The molecule has 0 aliphatic carbocycles. The maximum atomic E-state index is 12.1. The van der Waals surface area contributed by atoms with Crippen molar-refractivity contribution in [3.8, 4) is 0 Å². The van der Waals surface area contributed by atoms with Gasteiger partial charge in [0.1, 0.15) is 0 Å². The van der Waals surface area contributed by atoms with E-state index in [1.165, 1.54) is 19.2 Å². The van der Waals surface area contributed by atoms with Crippen molar-refractivity contribution in [3.63, 3.8) is 0 Å². The van der Waals surface area contributed by atoms with Crippen LogP contribution in [0.25, 0.3) is 0 Å². The monoisotopic (exact) mass is 403 g/mol. The van der Waals surface area contributed by atoms with Gasteiger partial charge in [-0.1, -0.05) is 40.2 Å². The van der Waals surface area contributed by atoms with E-state index in [2.05, 4.69) is 26.0 Å². The van der Waals surface area contributed by atoms with Gasteiger partial charge in [0.05, 0.1) is 24.8 Å². The van der Waals surface area contributed by atoms with Gasteiger partial charge >= 0.3 is 5.97 Å². The summed E-state index contributed by atoms with van der Waals surface area (Å²) in [5, 5.41) is 2.34. The smallest absolute Gasteiger partial charge is 0.339 e. The predicted molar refractivity (Wildman–Crippen MR) is 94.5 cm³/mol. The lowest BCUT2D eigenvalue weighted by molar-refractivity contribution is -0.134. The molecule has 1 amide bonds. The van der Waals surface area contributed by atoms with Crippen LogP contribution in [0.5, 0.6) is 0 Å². The molecule has 0 radical (unpaired) electrons. The van der Waals surface area contributed by atoms with E-state index < -0.39 is 29.9 Å². The Morgan fingerprint density at radius 3 is 2.28 bits per heavy atom. The minimum atomic E-state index is -0.971. The molecule has 0 saturated heterocycles. The third kappa shape index (κ3) is 4.84. The Kier molecular flexibility index (Phi) is 6.19. The fraction of sp³-hybridized carbons (Fsp3) is 0.111. The number of rotatable bonds is 6.